The Balaban J connectivity index is 1.87. The van der Waals surface area contributed by atoms with Crippen molar-refractivity contribution in [2.24, 2.45) is 0 Å². The summed E-state index contributed by atoms with van der Waals surface area (Å²) >= 11 is 0. The van der Waals surface area contributed by atoms with Crippen LogP contribution in [0, 0.1) is 6.92 Å². The van der Waals surface area contributed by atoms with Gasteiger partial charge < -0.3 is 15.4 Å². The van der Waals surface area contributed by atoms with Crippen LogP contribution in [-0.4, -0.2) is 25.3 Å². The molecule has 2 N–H and O–H groups in total. The van der Waals surface area contributed by atoms with Crippen molar-refractivity contribution in [3.63, 3.8) is 0 Å². The van der Waals surface area contributed by atoms with Crippen LogP contribution in [0.5, 0.6) is 0 Å². The van der Waals surface area contributed by atoms with Crippen molar-refractivity contribution < 1.29 is 4.74 Å². The molecule has 0 aliphatic carbocycles. The molecule has 2 saturated heterocycles. The highest BCUT2D eigenvalue weighted by atomic mass is 16.5. The normalized spacial score (nSPS) is 28.4. The van der Waals surface area contributed by atoms with Gasteiger partial charge in [0, 0.05) is 24.5 Å². The highest BCUT2D eigenvalue weighted by Gasteiger charge is 2.33. The van der Waals surface area contributed by atoms with Crippen LogP contribution in [0.15, 0.2) is 18.2 Å². The Morgan fingerprint density at radius 2 is 1.94 bits per heavy atom. The van der Waals surface area contributed by atoms with Gasteiger partial charge in [-0.05, 0) is 43.5 Å². The predicted octanol–water partition coefficient (Wildman–Crippen LogP) is 1.94. The summed E-state index contributed by atoms with van der Waals surface area (Å²) in [6, 6.07) is 6.17. The number of fused-ring (bicyclic) bond motifs is 2. The second kappa shape index (κ2) is 3.67. The van der Waals surface area contributed by atoms with Crippen LogP contribution in [-0.2, 0) is 4.74 Å². The Bertz CT molecular complexity index is 393. The highest BCUT2D eigenvalue weighted by molar-refractivity contribution is 5.59. The van der Waals surface area contributed by atoms with Gasteiger partial charge >= 0.3 is 0 Å². The molecule has 0 saturated carbocycles. The maximum absolute atomic E-state index is 5.85. The van der Waals surface area contributed by atoms with Gasteiger partial charge in [-0.25, -0.2) is 0 Å². The number of aryl methyl sites for hydroxylation is 1. The number of nitrogens with zero attached hydrogens (tertiary/aromatic N) is 1. The average Bonchev–Trinajstić information content (AvgIpc) is 2.58. The summed E-state index contributed by atoms with van der Waals surface area (Å²) in [5.41, 5.74) is 9.21. The van der Waals surface area contributed by atoms with Crippen LogP contribution in [0.4, 0.5) is 11.4 Å². The van der Waals surface area contributed by atoms with Crippen molar-refractivity contribution in [2.75, 3.05) is 23.7 Å². The molecular weight excluding hydrogens is 200 g/mol. The van der Waals surface area contributed by atoms with Crippen LogP contribution in [0.25, 0.3) is 0 Å². The molecule has 0 radical (unpaired) electrons. The molecule has 2 heterocycles. The first-order valence-corrected chi connectivity index (χ1v) is 5.99. The lowest BCUT2D eigenvalue weighted by Gasteiger charge is -2.34. The number of anilines is 2. The smallest absolute Gasteiger partial charge is 0.0755 e. The zero-order chi connectivity index (χ0) is 11.1. The van der Waals surface area contributed by atoms with Gasteiger partial charge in [-0.2, -0.15) is 0 Å². The van der Waals surface area contributed by atoms with Crippen LogP contribution in [0.1, 0.15) is 18.4 Å². The van der Waals surface area contributed by atoms with Gasteiger partial charge in [-0.1, -0.05) is 0 Å². The molecule has 2 unspecified atom stereocenters. The van der Waals surface area contributed by atoms with Gasteiger partial charge in [0.15, 0.2) is 0 Å². The quantitative estimate of drug-likeness (QED) is 0.732. The SMILES string of the molecule is Cc1cc(N)ccc1N1CC2CCC(C1)O2. The van der Waals surface area contributed by atoms with E-state index in [-0.39, 0.29) is 0 Å². The molecule has 2 bridgehead atoms. The second-order valence-electron chi connectivity index (χ2n) is 4.91. The number of hydrogen-bond donors (Lipinski definition) is 1. The molecule has 2 aliphatic heterocycles. The van der Waals surface area contributed by atoms with Gasteiger partial charge in [0.05, 0.1) is 12.2 Å². The molecular formula is C13H18N2O. The summed E-state index contributed by atoms with van der Waals surface area (Å²) in [4.78, 5) is 2.45. The zero-order valence-electron chi connectivity index (χ0n) is 9.65. The fourth-order valence-electron chi connectivity index (χ4n) is 2.84. The van der Waals surface area contributed by atoms with E-state index in [1.165, 1.54) is 24.1 Å². The number of morpholine rings is 1. The molecule has 1 aromatic rings. The van der Waals surface area contributed by atoms with Gasteiger partial charge in [0.25, 0.3) is 0 Å². The molecule has 0 amide bonds. The van der Waals surface area contributed by atoms with E-state index < -0.39 is 0 Å². The lowest BCUT2D eigenvalue weighted by molar-refractivity contribution is 0.0304. The van der Waals surface area contributed by atoms with Crippen molar-refractivity contribution >= 4 is 11.4 Å². The maximum Gasteiger partial charge on any atom is 0.0755 e. The van der Waals surface area contributed by atoms with Gasteiger partial charge in [0.1, 0.15) is 0 Å². The maximum atomic E-state index is 5.85. The topological polar surface area (TPSA) is 38.5 Å². The molecule has 2 fully saturated rings. The minimum Gasteiger partial charge on any atom is -0.399 e. The molecule has 86 valence electrons. The lowest BCUT2D eigenvalue weighted by Crippen LogP contribution is -2.42. The number of nitrogens with two attached hydrogens (primary N) is 1. The molecule has 3 nitrogen and oxygen atoms in total. The molecule has 1 aromatic carbocycles. The summed E-state index contributed by atoms with van der Waals surface area (Å²) in [6.07, 6.45) is 3.32. The Morgan fingerprint density at radius 1 is 1.25 bits per heavy atom. The predicted molar refractivity (Wildman–Crippen MR) is 65.7 cm³/mol. The summed E-state index contributed by atoms with van der Waals surface area (Å²) in [6.45, 7) is 4.19. The molecule has 16 heavy (non-hydrogen) atoms. The molecule has 3 heteroatoms. The van der Waals surface area contributed by atoms with E-state index in [4.69, 9.17) is 10.5 Å². The van der Waals surface area contributed by atoms with Crippen molar-refractivity contribution in [2.45, 2.75) is 32.0 Å². The van der Waals surface area contributed by atoms with Crippen LogP contribution in [0.2, 0.25) is 0 Å². The highest BCUT2D eigenvalue weighted by Crippen LogP contribution is 2.31. The molecule has 2 atom stereocenters. The molecule has 2 aliphatic rings. The Hall–Kier alpha value is -1.22. The average molecular weight is 218 g/mol. The lowest BCUT2D eigenvalue weighted by atomic mass is 10.1. The van der Waals surface area contributed by atoms with Gasteiger partial charge in [0.2, 0.25) is 0 Å². The van der Waals surface area contributed by atoms with E-state index in [0.717, 1.165) is 18.8 Å². The fraction of sp³-hybridized carbons (Fsp3) is 0.538. The minimum absolute atomic E-state index is 0.440. The summed E-state index contributed by atoms with van der Waals surface area (Å²) < 4.78 is 5.85. The number of ether oxygens (including phenoxy) is 1. The molecule has 0 aromatic heterocycles. The first-order valence-electron chi connectivity index (χ1n) is 5.99. The zero-order valence-corrected chi connectivity index (χ0v) is 9.65. The largest absolute Gasteiger partial charge is 0.399 e. The van der Waals surface area contributed by atoms with Gasteiger partial charge in [-0.3, -0.25) is 0 Å². The summed E-state index contributed by atoms with van der Waals surface area (Å²) in [5.74, 6) is 0. The summed E-state index contributed by atoms with van der Waals surface area (Å²) in [5, 5.41) is 0. The van der Waals surface area contributed by atoms with Crippen LogP contribution < -0.4 is 10.6 Å². The standard InChI is InChI=1S/C13H18N2O/c1-9-6-10(14)2-5-13(9)15-7-11-3-4-12(8-15)16-11/h2,5-6,11-12H,3-4,7-8,14H2,1H3. The van der Waals surface area contributed by atoms with E-state index in [2.05, 4.69) is 17.9 Å². The van der Waals surface area contributed by atoms with E-state index in [1.54, 1.807) is 0 Å². The monoisotopic (exact) mass is 218 g/mol. The fourth-order valence-corrected chi connectivity index (χ4v) is 2.84. The van der Waals surface area contributed by atoms with Crippen molar-refractivity contribution in [1.29, 1.82) is 0 Å². The van der Waals surface area contributed by atoms with E-state index in [1.807, 2.05) is 12.1 Å². The first-order chi connectivity index (χ1) is 7.72. The first kappa shape index (κ1) is 9.97. The van der Waals surface area contributed by atoms with Gasteiger partial charge in [-0.15, -0.1) is 0 Å². The Labute approximate surface area is 96.2 Å². The van der Waals surface area contributed by atoms with Crippen molar-refractivity contribution in [3.8, 4) is 0 Å². The third kappa shape index (κ3) is 1.65. The number of hydrogen-bond acceptors (Lipinski definition) is 3. The van der Waals surface area contributed by atoms with Crippen molar-refractivity contribution in [3.05, 3.63) is 23.8 Å². The van der Waals surface area contributed by atoms with E-state index in [9.17, 15) is 0 Å². The van der Waals surface area contributed by atoms with Crippen LogP contribution >= 0.6 is 0 Å². The third-order valence-electron chi connectivity index (χ3n) is 3.61. The Morgan fingerprint density at radius 3 is 2.56 bits per heavy atom. The molecule has 3 rings (SSSR count). The number of rotatable bonds is 1. The summed E-state index contributed by atoms with van der Waals surface area (Å²) in [7, 11) is 0. The van der Waals surface area contributed by atoms with E-state index in [0.29, 0.717) is 12.2 Å². The number of nitrogen functional groups attached to an aromatic ring is 1. The molecule has 0 spiro atoms. The second-order valence-corrected chi connectivity index (χ2v) is 4.91. The Kier molecular flexibility index (Phi) is 2.28. The minimum atomic E-state index is 0.440. The third-order valence-corrected chi connectivity index (χ3v) is 3.61. The number of benzene rings is 1. The van der Waals surface area contributed by atoms with Crippen LogP contribution in [0.3, 0.4) is 0 Å². The van der Waals surface area contributed by atoms with E-state index >= 15 is 0 Å². The van der Waals surface area contributed by atoms with Crippen molar-refractivity contribution in [1.82, 2.24) is 0 Å².